The van der Waals surface area contributed by atoms with E-state index in [9.17, 15) is 4.39 Å². The Hall–Kier alpha value is -2.73. The van der Waals surface area contributed by atoms with Gasteiger partial charge in [-0.3, -0.25) is 9.67 Å². The van der Waals surface area contributed by atoms with Crippen molar-refractivity contribution in [2.24, 2.45) is 0 Å². The maximum absolute atomic E-state index is 14.6. The first-order valence-corrected chi connectivity index (χ1v) is 7.82. The molecular formula is C18H17FN4O. The minimum absolute atomic E-state index is 0.340. The highest BCUT2D eigenvalue weighted by atomic mass is 19.1. The van der Waals surface area contributed by atoms with E-state index >= 15 is 0 Å². The predicted octanol–water partition coefficient (Wildman–Crippen LogP) is 2.86. The number of benzene rings is 1. The third-order valence-electron chi connectivity index (χ3n) is 4.25. The molecule has 1 aliphatic heterocycles. The summed E-state index contributed by atoms with van der Waals surface area (Å²) in [5.74, 6) is 0.153. The Balaban J connectivity index is 1.94. The fourth-order valence-electron chi connectivity index (χ4n) is 3.08. The molecule has 122 valence electrons. The van der Waals surface area contributed by atoms with Gasteiger partial charge in [0.15, 0.2) is 0 Å². The second kappa shape index (κ2) is 6.05. The van der Waals surface area contributed by atoms with Crippen molar-refractivity contribution in [3.05, 3.63) is 54.2 Å². The van der Waals surface area contributed by atoms with Crippen LogP contribution in [0.2, 0.25) is 0 Å². The van der Waals surface area contributed by atoms with Crippen LogP contribution in [0, 0.1) is 5.82 Å². The van der Waals surface area contributed by atoms with Gasteiger partial charge in [0.2, 0.25) is 0 Å². The van der Waals surface area contributed by atoms with Crippen molar-refractivity contribution < 1.29 is 9.13 Å². The molecule has 0 aliphatic carbocycles. The van der Waals surface area contributed by atoms with E-state index < -0.39 is 0 Å². The first-order valence-electron chi connectivity index (χ1n) is 7.82. The van der Waals surface area contributed by atoms with Gasteiger partial charge in [0.1, 0.15) is 17.3 Å². The summed E-state index contributed by atoms with van der Waals surface area (Å²) in [6.45, 7) is 2.34. The summed E-state index contributed by atoms with van der Waals surface area (Å²) in [6, 6.07) is 8.73. The average molecular weight is 324 g/mol. The summed E-state index contributed by atoms with van der Waals surface area (Å²) >= 11 is 0. The highest BCUT2D eigenvalue weighted by Gasteiger charge is 2.24. The number of aromatic nitrogens is 3. The number of nitrogens with one attached hydrogen (secondary N) is 1. The minimum Gasteiger partial charge on any atom is -0.497 e. The van der Waals surface area contributed by atoms with E-state index in [1.807, 2.05) is 16.8 Å². The van der Waals surface area contributed by atoms with E-state index in [1.165, 1.54) is 13.2 Å². The molecule has 1 aromatic carbocycles. The number of hydrogen-bond donors (Lipinski definition) is 1. The van der Waals surface area contributed by atoms with Gasteiger partial charge in [-0.2, -0.15) is 5.10 Å². The Bertz CT molecular complexity index is 876. The van der Waals surface area contributed by atoms with E-state index in [0.29, 0.717) is 23.6 Å². The van der Waals surface area contributed by atoms with Gasteiger partial charge >= 0.3 is 0 Å². The monoisotopic (exact) mass is 324 g/mol. The zero-order chi connectivity index (χ0) is 16.5. The molecule has 0 spiro atoms. The van der Waals surface area contributed by atoms with Crippen molar-refractivity contribution >= 4 is 0 Å². The summed E-state index contributed by atoms with van der Waals surface area (Å²) in [5, 5.41) is 8.05. The second-order valence-corrected chi connectivity index (χ2v) is 5.65. The highest BCUT2D eigenvalue weighted by Crippen LogP contribution is 2.37. The molecule has 1 N–H and O–H groups in total. The molecule has 0 saturated heterocycles. The smallest absolute Gasteiger partial charge is 0.136 e. The van der Waals surface area contributed by atoms with Gasteiger partial charge in [-0.15, -0.1) is 0 Å². The molecule has 0 atom stereocenters. The van der Waals surface area contributed by atoms with Gasteiger partial charge in [0.25, 0.3) is 0 Å². The fourth-order valence-corrected chi connectivity index (χ4v) is 3.08. The summed E-state index contributed by atoms with van der Waals surface area (Å²) in [7, 11) is 1.53. The lowest BCUT2D eigenvalue weighted by Crippen LogP contribution is -2.28. The van der Waals surface area contributed by atoms with Crippen LogP contribution in [0.5, 0.6) is 5.75 Å². The maximum Gasteiger partial charge on any atom is 0.136 e. The van der Waals surface area contributed by atoms with Gasteiger partial charge in [0, 0.05) is 42.7 Å². The van der Waals surface area contributed by atoms with E-state index in [4.69, 9.17) is 4.74 Å². The lowest BCUT2D eigenvalue weighted by atomic mass is 9.99. The third kappa shape index (κ3) is 2.45. The highest BCUT2D eigenvalue weighted by molar-refractivity contribution is 5.83. The number of ether oxygens (including phenoxy) is 1. The standard InChI is InChI=1S/C18H17FN4O/c1-24-13-2-3-14(15(19)10-13)18-17(12-4-6-20-7-5-12)16-11-21-8-9-23(16)22-18/h2-7,10,21H,8-9,11H2,1H3. The summed E-state index contributed by atoms with van der Waals surface area (Å²) in [6.07, 6.45) is 3.48. The quantitative estimate of drug-likeness (QED) is 0.805. The first-order chi connectivity index (χ1) is 11.8. The van der Waals surface area contributed by atoms with Gasteiger partial charge in [-0.25, -0.2) is 4.39 Å². The van der Waals surface area contributed by atoms with Crippen LogP contribution in [0.4, 0.5) is 4.39 Å². The summed E-state index contributed by atoms with van der Waals surface area (Å²) < 4.78 is 21.7. The van der Waals surface area contributed by atoms with Crippen LogP contribution in [-0.4, -0.2) is 28.4 Å². The number of methoxy groups -OCH3 is 1. The summed E-state index contributed by atoms with van der Waals surface area (Å²) in [5.41, 5.74) is 4.14. The van der Waals surface area contributed by atoms with Gasteiger partial charge < -0.3 is 10.1 Å². The van der Waals surface area contributed by atoms with Crippen LogP contribution in [0.3, 0.4) is 0 Å². The molecule has 2 aromatic heterocycles. The largest absolute Gasteiger partial charge is 0.497 e. The number of hydrogen-bond acceptors (Lipinski definition) is 4. The van der Waals surface area contributed by atoms with Crippen molar-refractivity contribution in [2.75, 3.05) is 13.7 Å². The van der Waals surface area contributed by atoms with Crippen LogP contribution in [-0.2, 0) is 13.1 Å². The van der Waals surface area contributed by atoms with Crippen LogP contribution in [0.15, 0.2) is 42.7 Å². The van der Waals surface area contributed by atoms with Crippen LogP contribution >= 0.6 is 0 Å². The maximum atomic E-state index is 14.6. The molecule has 0 bridgehead atoms. The topological polar surface area (TPSA) is 52.0 Å². The Labute approximate surface area is 139 Å². The first kappa shape index (κ1) is 14.8. The van der Waals surface area contributed by atoms with Gasteiger partial charge in [0.05, 0.1) is 19.3 Å². The fraction of sp³-hybridized carbons (Fsp3) is 0.222. The number of nitrogens with zero attached hydrogens (tertiary/aromatic N) is 3. The molecule has 3 heterocycles. The van der Waals surface area contributed by atoms with Gasteiger partial charge in [-0.1, -0.05) is 0 Å². The lowest BCUT2D eigenvalue weighted by molar-refractivity contribution is 0.411. The number of fused-ring (bicyclic) bond motifs is 1. The molecule has 6 heteroatoms. The van der Waals surface area contributed by atoms with Crippen molar-refractivity contribution in [2.45, 2.75) is 13.1 Å². The predicted molar refractivity (Wildman–Crippen MR) is 89.1 cm³/mol. The zero-order valence-electron chi connectivity index (χ0n) is 13.3. The van der Waals surface area contributed by atoms with Crippen molar-refractivity contribution in [1.29, 1.82) is 0 Å². The molecule has 3 aromatic rings. The molecule has 0 amide bonds. The van der Waals surface area contributed by atoms with E-state index in [2.05, 4.69) is 15.4 Å². The molecule has 0 saturated carbocycles. The Kier molecular flexibility index (Phi) is 3.74. The number of pyridine rings is 1. The normalized spacial score (nSPS) is 13.6. The molecule has 0 unspecified atom stereocenters. The SMILES string of the molecule is COc1ccc(-c2nn3c(c2-c2ccncc2)CNCC3)c(F)c1. The molecule has 5 nitrogen and oxygen atoms in total. The zero-order valence-corrected chi connectivity index (χ0v) is 13.3. The molecular weight excluding hydrogens is 307 g/mol. The van der Waals surface area contributed by atoms with E-state index in [-0.39, 0.29) is 5.82 Å². The third-order valence-corrected chi connectivity index (χ3v) is 4.25. The Morgan fingerprint density at radius 3 is 2.79 bits per heavy atom. The van der Waals surface area contributed by atoms with Crippen molar-refractivity contribution in [1.82, 2.24) is 20.1 Å². The Morgan fingerprint density at radius 1 is 1.21 bits per heavy atom. The number of halogens is 1. The van der Waals surface area contributed by atoms with Crippen LogP contribution < -0.4 is 10.1 Å². The van der Waals surface area contributed by atoms with Crippen molar-refractivity contribution in [3.63, 3.8) is 0 Å². The second-order valence-electron chi connectivity index (χ2n) is 5.65. The van der Waals surface area contributed by atoms with Gasteiger partial charge in [-0.05, 0) is 29.8 Å². The van der Waals surface area contributed by atoms with E-state index in [1.54, 1.807) is 24.5 Å². The lowest BCUT2D eigenvalue weighted by Gasteiger charge is -2.16. The Morgan fingerprint density at radius 2 is 2.04 bits per heavy atom. The van der Waals surface area contributed by atoms with Crippen LogP contribution in [0.25, 0.3) is 22.4 Å². The van der Waals surface area contributed by atoms with Crippen LogP contribution in [0.1, 0.15) is 5.69 Å². The molecule has 24 heavy (non-hydrogen) atoms. The molecule has 1 aliphatic rings. The molecule has 4 rings (SSSR count). The summed E-state index contributed by atoms with van der Waals surface area (Å²) in [4.78, 5) is 4.08. The molecule has 0 radical (unpaired) electrons. The van der Waals surface area contributed by atoms with E-state index in [0.717, 1.165) is 29.9 Å². The molecule has 0 fully saturated rings. The number of rotatable bonds is 3. The minimum atomic E-state index is -0.340. The van der Waals surface area contributed by atoms with Crippen molar-refractivity contribution in [3.8, 4) is 28.1 Å². The average Bonchev–Trinajstić information content (AvgIpc) is 3.01.